The van der Waals surface area contributed by atoms with E-state index in [4.69, 9.17) is 4.74 Å². The summed E-state index contributed by atoms with van der Waals surface area (Å²) < 4.78 is 5.94. The van der Waals surface area contributed by atoms with Crippen LogP contribution in [-0.2, 0) is 18.4 Å². The first kappa shape index (κ1) is 17.9. The number of H-pyrrole nitrogens is 2. The van der Waals surface area contributed by atoms with Crippen LogP contribution in [0.5, 0.6) is 5.75 Å². The first-order valence-electron chi connectivity index (χ1n) is 9.97. The van der Waals surface area contributed by atoms with Gasteiger partial charge in [-0.15, -0.1) is 0 Å². The maximum atomic E-state index is 13.5. The number of carbonyl (C=O) groups is 1. The van der Waals surface area contributed by atoms with Crippen molar-refractivity contribution in [1.29, 1.82) is 0 Å². The van der Waals surface area contributed by atoms with Crippen LogP contribution in [0.15, 0.2) is 24.4 Å². The van der Waals surface area contributed by atoms with E-state index in [0.29, 0.717) is 36.8 Å². The summed E-state index contributed by atoms with van der Waals surface area (Å²) in [6.07, 6.45) is 2.56. The van der Waals surface area contributed by atoms with Gasteiger partial charge in [0.25, 0.3) is 5.91 Å². The fourth-order valence-corrected chi connectivity index (χ4v) is 4.21. The summed E-state index contributed by atoms with van der Waals surface area (Å²) in [6, 6.07) is 5.84. The summed E-state index contributed by atoms with van der Waals surface area (Å²) in [6.45, 7) is 7.87. The summed E-state index contributed by atoms with van der Waals surface area (Å²) in [5.74, 6) is 2.04. The standard InChI is InChI=1S/C21H24N6O2/c1-4-16-23-19(26-24-16)14-10-27(9-12-8-22-25-17(12)14)20(28)13-6-5-7-15-18(13)29-11-21(15,2)3/h5-8,14H,4,9-11H2,1-3H3,(H,22,25)(H,23,24,26). The SMILES string of the molecule is CCc1nc(C2CN(C(=O)c3cccc4c3OCC4(C)C)Cc3cn[nH]c32)n[nH]1. The lowest BCUT2D eigenvalue weighted by molar-refractivity contribution is 0.0719. The quantitative estimate of drug-likeness (QED) is 0.714. The Morgan fingerprint density at radius 1 is 1.34 bits per heavy atom. The molecule has 5 rings (SSSR count). The Bertz CT molecular complexity index is 1080. The number of rotatable bonds is 3. The van der Waals surface area contributed by atoms with Crippen molar-refractivity contribution in [2.24, 2.45) is 0 Å². The molecular formula is C21H24N6O2. The molecule has 0 spiro atoms. The highest BCUT2D eigenvalue weighted by molar-refractivity contribution is 5.98. The third-order valence-electron chi connectivity index (χ3n) is 5.90. The van der Waals surface area contributed by atoms with E-state index in [-0.39, 0.29) is 17.2 Å². The normalized spacial score (nSPS) is 19.6. The lowest BCUT2D eigenvalue weighted by Gasteiger charge is -2.31. The first-order valence-corrected chi connectivity index (χ1v) is 9.97. The number of benzene rings is 1. The van der Waals surface area contributed by atoms with Crippen LogP contribution in [0, 0.1) is 0 Å². The molecule has 0 saturated heterocycles. The zero-order valence-electron chi connectivity index (χ0n) is 16.8. The number of hydrogen-bond donors (Lipinski definition) is 2. The zero-order chi connectivity index (χ0) is 20.2. The van der Waals surface area contributed by atoms with Crippen LogP contribution >= 0.6 is 0 Å². The van der Waals surface area contributed by atoms with Crippen LogP contribution in [0.4, 0.5) is 0 Å². The molecule has 1 unspecified atom stereocenters. The van der Waals surface area contributed by atoms with Crippen molar-refractivity contribution >= 4 is 5.91 Å². The molecule has 0 aliphatic carbocycles. The average molecular weight is 392 g/mol. The van der Waals surface area contributed by atoms with Gasteiger partial charge in [-0.05, 0) is 6.07 Å². The number of aromatic nitrogens is 5. The molecule has 1 aromatic carbocycles. The van der Waals surface area contributed by atoms with Gasteiger partial charge >= 0.3 is 0 Å². The molecule has 2 N–H and O–H groups in total. The molecule has 4 heterocycles. The Labute approximate surface area is 168 Å². The second-order valence-corrected chi connectivity index (χ2v) is 8.40. The number of amides is 1. The number of aromatic amines is 2. The molecule has 2 aliphatic rings. The fraction of sp³-hybridized carbons (Fsp3) is 0.429. The van der Waals surface area contributed by atoms with Crippen LogP contribution in [-0.4, -0.2) is 49.3 Å². The van der Waals surface area contributed by atoms with Crippen LogP contribution < -0.4 is 4.74 Å². The molecule has 3 aromatic rings. The van der Waals surface area contributed by atoms with Crippen LogP contribution in [0.25, 0.3) is 0 Å². The van der Waals surface area contributed by atoms with Crippen molar-refractivity contribution in [2.75, 3.05) is 13.2 Å². The molecule has 2 aliphatic heterocycles. The van der Waals surface area contributed by atoms with Gasteiger partial charge in [0.05, 0.1) is 30.0 Å². The Balaban J connectivity index is 1.50. The molecular weight excluding hydrogens is 368 g/mol. The Hall–Kier alpha value is -3.16. The maximum absolute atomic E-state index is 13.5. The van der Waals surface area contributed by atoms with E-state index in [1.165, 1.54) is 0 Å². The van der Waals surface area contributed by atoms with E-state index < -0.39 is 0 Å². The van der Waals surface area contributed by atoms with Crippen molar-refractivity contribution < 1.29 is 9.53 Å². The molecule has 150 valence electrons. The molecule has 1 amide bonds. The summed E-state index contributed by atoms with van der Waals surface area (Å²) in [4.78, 5) is 19.9. The predicted molar refractivity (Wildman–Crippen MR) is 106 cm³/mol. The minimum absolute atomic E-state index is 0.0392. The Kier molecular flexibility index (Phi) is 3.97. The van der Waals surface area contributed by atoms with Crippen LogP contribution in [0.2, 0.25) is 0 Å². The van der Waals surface area contributed by atoms with E-state index in [9.17, 15) is 4.79 Å². The van der Waals surface area contributed by atoms with Crippen molar-refractivity contribution in [1.82, 2.24) is 30.3 Å². The van der Waals surface area contributed by atoms with E-state index in [0.717, 1.165) is 29.1 Å². The third kappa shape index (κ3) is 2.82. The Morgan fingerprint density at radius 3 is 3.00 bits per heavy atom. The molecule has 0 saturated carbocycles. The minimum atomic E-state index is -0.143. The smallest absolute Gasteiger partial charge is 0.257 e. The van der Waals surface area contributed by atoms with Gasteiger partial charge in [0.15, 0.2) is 5.82 Å². The number of nitrogens with zero attached hydrogens (tertiary/aromatic N) is 4. The number of fused-ring (bicyclic) bond motifs is 2. The fourth-order valence-electron chi connectivity index (χ4n) is 4.21. The van der Waals surface area contributed by atoms with Gasteiger partial charge < -0.3 is 9.64 Å². The van der Waals surface area contributed by atoms with Gasteiger partial charge in [-0.1, -0.05) is 32.9 Å². The number of carbonyl (C=O) groups excluding carboxylic acids is 1. The Morgan fingerprint density at radius 2 is 2.21 bits per heavy atom. The monoisotopic (exact) mass is 392 g/mol. The van der Waals surface area contributed by atoms with E-state index in [1.807, 2.05) is 30.0 Å². The summed E-state index contributed by atoms with van der Waals surface area (Å²) in [5, 5.41) is 14.6. The topological polar surface area (TPSA) is 99.8 Å². The highest BCUT2D eigenvalue weighted by Crippen LogP contribution is 2.41. The highest BCUT2D eigenvalue weighted by Gasteiger charge is 2.38. The first-order chi connectivity index (χ1) is 14.0. The second-order valence-electron chi connectivity index (χ2n) is 8.40. The van der Waals surface area contributed by atoms with Crippen LogP contribution in [0.1, 0.15) is 65.5 Å². The second kappa shape index (κ2) is 6.43. The highest BCUT2D eigenvalue weighted by atomic mass is 16.5. The number of ether oxygens (including phenoxy) is 1. The van der Waals surface area contributed by atoms with Gasteiger partial charge in [-0.25, -0.2) is 4.98 Å². The number of para-hydroxylation sites is 1. The molecule has 8 heteroatoms. The van der Waals surface area contributed by atoms with Gasteiger partial charge in [0, 0.05) is 36.1 Å². The molecule has 0 radical (unpaired) electrons. The van der Waals surface area contributed by atoms with Crippen molar-refractivity contribution in [2.45, 2.75) is 45.1 Å². The molecule has 1 atom stereocenters. The van der Waals surface area contributed by atoms with Crippen molar-refractivity contribution in [3.05, 3.63) is 58.4 Å². The van der Waals surface area contributed by atoms with E-state index in [2.05, 4.69) is 39.2 Å². The molecule has 0 fully saturated rings. The van der Waals surface area contributed by atoms with Gasteiger partial charge in [-0.2, -0.15) is 10.2 Å². The van der Waals surface area contributed by atoms with Crippen LogP contribution in [0.3, 0.4) is 0 Å². The van der Waals surface area contributed by atoms with Gasteiger partial charge in [0.2, 0.25) is 0 Å². The molecule has 2 aromatic heterocycles. The third-order valence-corrected chi connectivity index (χ3v) is 5.90. The minimum Gasteiger partial charge on any atom is -0.492 e. The van der Waals surface area contributed by atoms with Crippen molar-refractivity contribution in [3.8, 4) is 5.75 Å². The maximum Gasteiger partial charge on any atom is 0.257 e. The molecule has 0 bridgehead atoms. The summed E-state index contributed by atoms with van der Waals surface area (Å²) in [7, 11) is 0. The van der Waals surface area contributed by atoms with Gasteiger partial charge in [-0.3, -0.25) is 15.0 Å². The lowest BCUT2D eigenvalue weighted by Crippen LogP contribution is -2.39. The van der Waals surface area contributed by atoms with Gasteiger partial charge in [0.1, 0.15) is 11.6 Å². The van der Waals surface area contributed by atoms with E-state index in [1.54, 1.807) is 6.20 Å². The number of aryl methyl sites for hydroxylation is 1. The summed E-state index contributed by atoms with van der Waals surface area (Å²) >= 11 is 0. The largest absolute Gasteiger partial charge is 0.492 e. The van der Waals surface area contributed by atoms with Crippen molar-refractivity contribution in [3.63, 3.8) is 0 Å². The number of hydrogen-bond acceptors (Lipinski definition) is 5. The zero-order valence-corrected chi connectivity index (χ0v) is 16.8. The molecule has 29 heavy (non-hydrogen) atoms. The molecule has 8 nitrogen and oxygen atoms in total. The predicted octanol–water partition coefficient (Wildman–Crippen LogP) is 2.55. The summed E-state index contributed by atoms with van der Waals surface area (Å²) in [5.41, 5.74) is 3.58. The lowest BCUT2D eigenvalue weighted by atomic mass is 9.86. The average Bonchev–Trinajstić information content (AvgIpc) is 3.45. The van der Waals surface area contributed by atoms with E-state index >= 15 is 0 Å². The number of nitrogens with one attached hydrogen (secondary N) is 2.